The van der Waals surface area contributed by atoms with Crippen LogP contribution in [0, 0.1) is 34.9 Å². The summed E-state index contributed by atoms with van der Waals surface area (Å²) in [6.07, 6.45) is 11.2. The van der Waals surface area contributed by atoms with Gasteiger partial charge in [-0.3, -0.25) is 4.79 Å². The minimum Gasteiger partial charge on any atom is -0.493 e. The van der Waals surface area contributed by atoms with Crippen LogP contribution in [0.25, 0.3) is 0 Å². The monoisotopic (exact) mass is 469 g/mol. The van der Waals surface area contributed by atoms with Crippen molar-refractivity contribution in [3.8, 4) is 5.75 Å². The summed E-state index contributed by atoms with van der Waals surface area (Å²) >= 11 is 0. The van der Waals surface area contributed by atoms with Crippen LogP contribution >= 0.6 is 0 Å². The molecule has 2 atom stereocenters. The highest BCUT2D eigenvalue weighted by molar-refractivity contribution is 5.97. The van der Waals surface area contributed by atoms with Gasteiger partial charge in [0.2, 0.25) is 0 Å². The van der Waals surface area contributed by atoms with Gasteiger partial charge in [0.05, 0.1) is 12.2 Å². The van der Waals surface area contributed by atoms with E-state index in [0.29, 0.717) is 37.7 Å². The molecule has 6 fully saturated rings. The first kappa shape index (κ1) is 22.4. The number of likely N-dealkylation sites (tertiary alicyclic amines) is 1. The van der Waals surface area contributed by atoms with Crippen molar-refractivity contribution in [1.29, 1.82) is 0 Å². The number of rotatable bonds is 7. The topological polar surface area (TPSA) is 66.8 Å². The molecule has 1 aliphatic heterocycles. The number of aliphatic carboxylic acids is 1. The molecule has 7 rings (SSSR count). The highest BCUT2D eigenvalue weighted by atomic mass is 19.1. The summed E-state index contributed by atoms with van der Waals surface area (Å²) in [7, 11) is 0. The van der Waals surface area contributed by atoms with E-state index in [1.807, 2.05) is 6.92 Å². The fraction of sp³-hybridized carbons (Fsp3) is 0.714. The summed E-state index contributed by atoms with van der Waals surface area (Å²) in [5, 5.41) is 9.73. The zero-order chi connectivity index (χ0) is 23.6. The second-order valence-corrected chi connectivity index (χ2v) is 12.1. The molecule has 5 aliphatic carbocycles. The molecule has 1 heterocycles. The largest absolute Gasteiger partial charge is 0.493 e. The molecule has 5 saturated carbocycles. The molecule has 0 spiro atoms. The molecule has 0 aromatic heterocycles. The Morgan fingerprint density at radius 1 is 1.09 bits per heavy atom. The Bertz CT molecular complexity index is 967. The van der Waals surface area contributed by atoms with Crippen LogP contribution in [0.2, 0.25) is 0 Å². The fourth-order valence-corrected chi connectivity index (χ4v) is 8.27. The van der Waals surface area contributed by atoms with Crippen molar-refractivity contribution in [3.05, 3.63) is 29.1 Å². The maximum Gasteiger partial charge on any atom is 0.326 e. The van der Waals surface area contributed by atoms with E-state index in [9.17, 15) is 14.7 Å². The molecule has 184 valence electrons. The highest BCUT2D eigenvalue weighted by Crippen LogP contribution is 2.60. The molecule has 1 aromatic carbocycles. The van der Waals surface area contributed by atoms with Gasteiger partial charge in [0.1, 0.15) is 17.6 Å². The number of halogens is 1. The van der Waals surface area contributed by atoms with Gasteiger partial charge >= 0.3 is 5.97 Å². The number of hydrogen-bond donors (Lipinski definition) is 1. The van der Waals surface area contributed by atoms with Crippen molar-refractivity contribution in [1.82, 2.24) is 4.90 Å². The molecule has 1 amide bonds. The Balaban J connectivity index is 1.24. The number of nitrogens with zero attached hydrogens (tertiary/aromatic N) is 1. The van der Waals surface area contributed by atoms with Gasteiger partial charge in [-0.25, -0.2) is 9.18 Å². The van der Waals surface area contributed by atoms with Gasteiger partial charge in [-0.1, -0.05) is 13.3 Å². The van der Waals surface area contributed by atoms with Gasteiger partial charge in [0.25, 0.3) is 5.91 Å². The molecular weight excluding hydrogens is 433 g/mol. The van der Waals surface area contributed by atoms with Gasteiger partial charge < -0.3 is 14.7 Å². The number of ether oxygens (including phenoxy) is 1. The molecule has 1 N–H and O–H groups in total. The van der Waals surface area contributed by atoms with Crippen molar-refractivity contribution < 1.29 is 23.8 Å². The number of hydrogen-bond acceptors (Lipinski definition) is 3. The van der Waals surface area contributed by atoms with E-state index in [2.05, 4.69) is 0 Å². The average molecular weight is 470 g/mol. The van der Waals surface area contributed by atoms with Crippen LogP contribution in [0.1, 0.15) is 93.0 Å². The lowest BCUT2D eigenvalue weighted by atomic mass is 9.50. The van der Waals surface area contributed by atoms with E-state index in [4.69, 9.17) is 4.74 Å². The molecule has 6 heteroatoms. The summed E-state index contributed by atoms with van der Waals surface area (Å²) in [4.78, 5) is 26.6. The van der Waals surface area contributed by atoms with Crippen LogP contribution in [-0.4, -0.2) is 41.1 Å². The Hall–Kier alpha value is -2.11. The predicted octanol–water partition coefficient (Wildman–Crippen LogP) is 5.62. The molecule has 4 bridgehead atoms. The molecule has 0 radical (unpaired) electrons. The first-order valence-electron chi connectivity index (χ1n) is 13.4. The first-order valence-corrected chi connectivity index (χ1v) is 13.4. The van der Waals surface area contributed by atoms with Gasteiger partial charge in [0, 0.05) is 18.0 Å². The Labute approximate surface area is 201 Å². The summed E-state index contributed by atoms with van der Waals surface area (Å²) < 4.78 is 21.7. The van der Waals surface area contributed by atoms with Crippen molar-refractivity contribution in [3.63, 3.8) is 0 Å². The first-order chi connectivity index (χ1) is 16.4. The van der Waals surface area contributed by atoms with E-state index < -0.39 is 23.7 Å². The standard InChI is InChI=1S/C28H36FNO4/c1-2-19-5-6-30(25(19)27(32)33)26(31)22-10-21(20-3-4-20)24(11-23(22)29)34-15-28-12-16-7-17(13-28)9-18(8-16)14-28/h10-11,16-20,25H,2-9,12-15H2,1H3,(H,32,33)/t16?,17?,18?,19-,25-,28?/m1/s1. The van der Waals surface area contributed by atoms with E-state index in [-0.39, 0.29) is 16.9 Å². The van der Waals surface area contributed by atoms with Gasteiger partial charge in [-0.2, -0.15) is 0 Å². The van der Waals surface area contributed by atoms with Crippen molar-refractivity contribution in [2.75, 3.05) is 13.2 Å². The third-order valence-electron chi connectivity index (χ3n) is 9.61. The number of carbonyl (C=O) groups is 2. The smallest absolute Gasteiger partial charge is 0.326 e. The normalized spacial score (nSPS) is 36.2. The zero-order valence-electron chi connectivity index (χ0n) is 20.1. The minimum absolute atomic E-state index is 0.00735. The molecule has 6 aliphatic rings. The number of carboxylic acid groups (broad SMARTS) is 1. The number of carboxylic acids is 1. The Kier molecular flexibility index (Phi) is 5.42. The van der Waals surface area contributed by atoms with E-state index >= 15 is 4.39 Å². The van der Waals surface area contributed by atoms with Crippen LogP contribution in [0.3, 0.4) is 0 Å². The molecule has 0 unspecified atom stereocenters. The summed E-state index contributed by atoms with van der Waals surface area (Å²) in [6.45, 7) is 2.95. The van der Waals surface area contributed by atoms with Crippen molar-refractivity contribution >= 4 is 11.9 Å². The van der Waals surface area contributed by atoms with Gasteiger partial charge in [-0.05, 0) is 99.0 Å². The van der Waals surface area contributed by atoms with Crippen LogP contribution in [0.5, 0.6) is 5.75 Å². The van der Waals surface area contributed by atoms with E-state index in [1.165, 1.54) is 49.5 Å². The lowest BCUT2D eigenvalue weighted by Gasteiger charge is -2.56. The summed E-state index contributed by atoms with van der Waals surface area (Å²) in [6, 6.07) is 2.20. The summed E-state index contributed by atoms with van der Waals surface area (Å²) in [5.41, 5.74) is 1.15. The average Bonchev–Trinajstić information content (AvgIpc) is 3.53. The van der Waals surface area contributed by atoms with Crippen molar-refractivity contribution in [2.45, 2.75) is 83.1 Å². The Morgan fingerprint density at radius 2 is 1.74 bits per heavy atom. The maximum absolute atomic E-state index is 15.3. The maximum atomic E-state index is 15.3. The zero-order valence-corrected chi connectivity index (χ0v) is 20.1. The summed E-state index contributed by atoms with van der Waals surface area (Å²) in [5.74, 6) is 1.21. The second-order valence-electron chi connectivity index (χ2n) is 12.1. The van der Waals surface area contributed by atoms with Gasteiger partial charge in [-0.15, -0.1) is 0 Å². The van der Waals surface area contributed by atoms with E-state index in [1.54, 1.807) is 6.07 Å². The lowest BCUT2D eigenvalue weighted by molar-refractivity contribution is -0.142. The number of carbonyl (C=O) groups excluding carboxylic acids is 1. The molecule has 1 aromatic rings. The Morgan fingerprint density at radius 3 is 2.29 bits per heavy atom. The SMILES string of the molecule is CC[C@@H]1CCN(C(=O)c2cc(C3CC3)c(OCC34CC5CC(CC(C5)C3)C4)cc2F)[C@H]1C(=O)O. The second kappa shape index (κ2) is 8.23. The quantitative estimate of drug-likeness (QED) is 0.563. The van der Waals surface area contributed by atoms with Crippen molar-refractivity contribution in [2.24, 2.45) is 29.1 Å². The molecular formula is C28H36FNO4. The molecule has 34 heavy (non-hydrogen) atoms. The van der Waals surface area contributed by atoms with E-state index in [0.717, 1.165) is 36.2 Å². The third kappa shape index (κ3) is 3.81. The van der Waals surface area contributed by atoms with Crippen LogP contribution in [0.15, 0.2) is 12.1 Å². The van der Waals surface area contributed by atoms with Crippen LogP contribution in [-0.2, 0) is 4.79 Å². The van der Waals surface area contributed by atoms with Crippen LogP contribution < -0.4 is 4.74 Å². The molecule has 1 saturated heterocycles. The minimum atomic E-state index is -1.00. The highest BCUT2D eigenvalue weighted by Gasteiger charge is 2.51. The third-order valence-corrected chi connectivity index (χ3v) is 9.61. The van der Waals surface area contributed by atoms with Crippen LogP contribution in [0.4, 0.5) is 4.39 Å². The number of amides is 1. The fourth-order valence-electron chi connectivity index (χ4n) is 8.27. The van der Waals surface area contributed by atoms with Gasteiger partial charge in [0.15, 0.2) is 0 Å². The predicted molar refractivity (Wildman–Crippen MR) is 125 cm³/mol. The molecule has 5 nitrogen and oxygen atoms in total. The number of benzene rings is 1. The lowest BCUT2D eigenvalue weighted by Crippen LogP contribution is -2.48.